The van der Waals surface area contributed by atoms with Gasteiger partial charge in [-0.1, -0.05) is 12.8 Å². The molecule has 0 aromatic carbocycles. The number of rotatable bonds is 2. The molecule has 1 aliphatic rings. The lowest BCUT2D eigenvalue weighted by Gasteiger charge is -2.44. The van der Waals surface area contributed by atoms with E-state index in [1.807, 2.05) is 20.8 Å². The van der Waals surface area contributed by atoms with Gasteiger partial charge in [-0.05, 0) is 33.6 Å². The summed E-state index contributed by atoms with van der Waals surface area (Å²) in [6.07, 6.45) is 2.98. The Hall–Kier alpha value is -1.06. The maximum Gasteiger partial charge on any atom is 0.408 e. The summed E-state index contributed by atoms with van der Waals surface area (Å²) in [5.41, 5.74) is -1.32. The average molecular weight is 213 g/mol. The van der Waals surface area contributed by atoms with Crippen LogP contribution in [0.4, 0.5) is 4.79 Å². The second-order valence-corrected chi connectivity index (χ2v) is 5.22. The first-order chi connectivity index (χ1) is 6.83. The molecule has 4 nitrogen and oxygen atoms in total. The summed E-state index contributed by atoms with van der Waals surface area (Å²) in [6, 6.07) is 0. The molecular formula is C11H19NO3. The minimum absolute atomic E-state index is 0.531. The molecule has 1 aliphatic carbocycles. The smallest absolute Gasteiger partial charge is 0.408 e. The van der Waals surface area contributed by atoms with Crippen LogP contribution in [0.1, 0.15) is 46.5 Å². The summed E-state index contributed by atoms with van der Waals surface area (Å²) in [4.78, 5) is 23.8. The quantitative estimate of drug-likeness (QED) is 0.716. The highest BCUT2D eigenvalue weighted by molar-refractivity contribution is 5.76. The summed E-state index contributed by atoms with van der Waals surface area (Å²) in [5.74, 6) is 0. The molecular weight excluding hydrogens is 194 g/mol. The van der Waals surface area contributed by atoms with E-state index in [9.17, 15) is 14.7 Å². The van der Waals surface area contributed by atoms with Crippen LogP contribution >= 0.6 is 0 Å². The van der Waals surface area contributed by atoms with Crippen LogP contribution in [-0.4, -0.2) is 33.5 Å². The van der Waals surface area contributed by atoms with Crippen molar-refractivity contribution in [2.24, 2.45) is 0 Å². The zero-order valence-corrected chi connectivity index (χ0v) is 9.62. The van der Waals surface area contributed by atoms with E-state index in [0.717, 1.165) is 19.1 Å². The van der Waals surface area contributed by atoms with Gasteiger partial charge in [-0.25, -0.2) is 4.79 Å². The van der Waals surface area contributed by atoms with E-state index >= 15 is 0 Å². The summed E-state index contributed by atoms with van der Waals surface area (Å²) in [7, 11) is 0. The van der Waals surface area contributed by atoms with Crippen LogP contribution < -0.4 is 0 Å². The molecule has 0 aliphatic heterocycles. The molecule has 1 N–H and O–H groups in total. The molecule has 0 saturated heterocycles. The third kappa shape index (κ3) is 2.13. The van der Waals surface area contributed by atoms with Gasteiger partial charge in [0.1, 0.15) is 11.8 Å². The molecule has 0 aromatic heterocycles. The first kappa shape index (κ1) is 12.0. The van der Waals surface area contributed by atoms with Crippen LogP contribution in [0.5, 0.6) is 0 Å². The molecule has 1 fully saturated rings. The van der Waals surface area contributed by atoms with Gasteiger partial charge < -0.3 is 9.90 Å². The molecule has 0 unspecified atom stereocenters. The molecule has 86 valence electrons. The van der Waals surface area contributed by atoms with Crippen molar-refractivity contribution in [2.75, 3.05) is 0 Å². The Bertz CT molecular complexity index is 261. The van der Waals surface area contributed by atoms with E-state index in [1.165, 1.54) is 4.90 Å². The van der Waals surface area contributed by atoms with Gasteiger partial charge in [-0.3, -0.25) is 4.90 Å². The van der Waals surface area contributed by atoms with Crippen molar-refractivity contribution < 1.29 is 14.7 Å². The Morgan fingerprint density at radius 3 is 2.07 bits per heavy atom. The third-order valence-corrected chi connectivity index (χ3v) is 3.00. The number of carbonyl (C=O) groups excluding carboxylic acids is 1. The second kappa shape index (κ2) is 3.83. The Kier molecular flexibility index (Phi) is 3.07. The minimum Gasteiger partial charge on any atom is -0.465 e. The SMILES string of the molecule is CC(C)(C)N(C(=O)O)C1(C=O)CCCC1. The lowest BCUT2D eigenvalue weighted by atomic mass is 9.91. The Morgan fingerprint density at radius 1 is 1.33 bits per heavy atom. The molecule has 1 rings (SSSR count). The van der Waals surface area contributed by atoms with Crippen molar-refractivity contribution >= 4 is 12.4 Å². The molecule has 1 amide bonds. The molecule has 0 spiro atoms. The van der Waals surface area contributed by atoms with Gasteiger partial charge in [0, 0.05) is 5.54 Å². The zero-order valence-electron chi connectivity index (χ0n) is 9.62. The summed E-state index contributed by atoms with van der Waals surface area (Å²) < 4.78 is 0. The zero-order chi connectivity index (χ0) is 11.7. The van der Waals surface area contributed by atoms with E-state index < -0.39 is 17.2 Å². The highest BCUT2D eigenvalue weighted by Gasteiger charge is 2.47. The molecule has 4 heteroatoms. The monoisotopic (exact) mass is 213 g/mol. The van der Waals surface area contributed by atoms with E-state index in [2.05, 4.69) is 0 Å². The van der Waals surface area contributed by atoms with Gasteiger partial charge in [0.05, 0.1) is 0 Å². The van der Waals surface area contributed by atoms with Crippen LogP contribution in [0.2, 0.25) is 0 Å². The number of hydrogen-bond donors (Lipinski definition) is 1. The maximum atomic E-state index is 11.3. The standard InChI is InChI=1S/C11H19NO3/c1-10(2,3)12(9(14)15)11(8-13)6-4-5-7-11/h8H,4-7H2,1-3H3,(H,14,15). The topological polar surface area (TPSA) is 57.6 Å². The molecule has 0 radical (unpaired) electrons. The van der Waals surface area contributed by atoms with E-state index in [4.69, 9.17) is 0 Å². The molecule has 15 heavy (non-hydrogen) atoms. The van der Waals surface area contributed by atoms with E-state index in [0.29, 0.717) is 12.8 Å². The average Bonchev–Trinajstić information content (AvgIpc) is 2.50. The summed E-state index contributed by atoms with van der Waals surface area (Å²) in [5, 5.41) is 9.23. The molecule has 1 saturated carbocycles. The number of hydrogen-bond acceptors (Lipinski definition) is 2. The predicted molar refractivity (Wildman–Crippen MR) is 56.9 cm³/mol. The van der Waals surface area contributed by atoms with Crippen molar-refractivity contribution in [3.63, 3.8) is 0 Å². The maximum absolute atomic E-state index is 11.3. The van der Waals surface area contributed by atoms with Crippen LogP contribution in [0.3, 0.4) is 0 Å². The number of carboxylic acid groups (broad SMARTS) is 1. The molecule has 0 atom stereocenters. The van der Waals surface area contributed by atoms with Crippen molar-refractivity contribution in [1.82, 2.24) is 4.90 Å². The molecule has 0 bridgehead atoms. The highest BCUT2D eigenvalue weighted by Crippen LogP contribution is 2.37. The molecule has 0 aromatic rings. The van der Waals surface area contributed by atoms with E-state index in [1.54, 1.807) is 0 Å². The number of carbonyl (C=O) groups is 2. The Balaban J connectivity index is 3.07. The summed E-state index contributed by atoms with van der Waals surface area (Å²) in [6.45, 7) is 5.47. The van der Waals surface area contributed by atoms with E-state index in [-0.39, 0.29) is 0 Å². The Morgan fingerprint density at radius 2 is 1.80 bits per heavy atom. The van der Waals surface area contributed by atoms with Crippen LogP contribution in [0.15, 0.2) is 0 Å². The van der Waals surface area contributed by atoms with Crippen LogP contribution in [0.25, 0.3) is 0 Å². The van der Waals surface area contributed by atoms with Gasteiger partial charge in [-0.15, -0.1) is 0 Å². The van der Waals surface area contributed by atoms with Crippen LogP contribution in [0, 0.1) is 0 Å². The predicted octanol–water partition coefficient (Wildman–Crippen LogP) is 2.28. The third-order valence-electron chi connectivity index (χ3n) is 3.00. The normalized spacial score (nSPS) is 19.9. The summed E-state index contributed by atoms with van der Waals surface area (Å²) >= 11 is 0. The second-order valence-electron chi connectivity index (χ2n) is 5.22. The van der Waals surface area contributed by atoms with Crippen molar-refractivity contribution in [2.45, 2.75) is 57.5 Å². The Labute approximate surface area is 90.3 Å². The van der Waals surface area contributed by atoms with Crippen molar-refractivity contribution in [3.8, 4) is 0 Å². The van der Waals surface area contributed by atoms with Gasteiger partial charge in [0.25, 0.3) is 0 Å². The van der Waals surface area contributed by atoms with Crippen molar-refractivity contribution in [1.29, 1.82) is 0 Å². The lowest BCUT2D eigenvalue weighted by Crippen LogP contribution is -2.59. The number of nitrogens with zero attached hydrogens (tertiary/aromatic N) is 1. The van der Waals surface area contributed by atoms with Gasteiger partial charge in [0.2, 0.25) is 0 Å². The fourth-order valence-electron chi connectivity index (χ4n) is 2.53. The number of amides is 1. The molecule has 0 heterocycles. The van der Waals surface area contributed by atoms with Gasteiger partial charge in [-0.2, -0.15) is 0 Å². The number of aldehydes is 1. The minimum atomic E-state index is -1.00. The van der Waals surface area contributed by atoms with Gasteiger partial charge >= 0.3 is 6.09 Å². The first-order valence-electron chi connectivity index (χ1n) is 5.33. The fourth-order valence-corrected chi connectivity index (χ4v) is 2.53. The van der Waals surface area contributed by atoms with Crippen LogP contribution in [-0.2, 0) is 4.79 Å². The largest absolute Gasteiger partial charge is 0.465 e. The fraction of sp³-hybridized carbons (Fsp3) is 0.818. The lowest BCUT2D eigenvalue weighted by molar-refractivity contribution is -0.120. The highest BCUT2D eigenvalue weighted by atomic mass is 16.4. The van der Waals surface area contributed by atoms with Gasteiger partial charge in [0.15, 0.2) is 0 Å². The van der Waals surface area contributed by atoms with Crippen molar-refractivity contribution in [3.05, 3.63) is 0 Å². The first-order valence-corrected chi connectivity index (χ1v) is 5.33.